The van der Waals surface area contributed by atoms with Crippen molar-refractivity contribution in [3.8, 4) is 0 Å². The first kappa shape index (κ1) is 16.2. The van der Waals surface area contributed by atoms with Crippen LogP contribution in [0.25, 0.3) is 0 Å². The van der Waals surface area contributed by atoms with Crippen LogP contribution in [0.4, 0.5) is 0 Å². The van der Waals surface area contributed by atoms with Crippen molar-refractivity contribution in [2.75, 3.05) is 13.1 Å². The van der Waals surface area contributed by atoms with E-state index in [4.69, 9.17) is 11.6 Å². The van der Waals surface area contributed by atoms with Crippen LogP contribution in [0.1, 0.15) is 20.3 Å². The molecule has 1 aliphatic rings. The average Bonchev–Trinajstić information content (AvgIpc) is 2.84. The van der Waals surface area contributed by atoms with Crippen LogP contribution in [-0.4, -0.2) is 40.2 Å². The summed E-state index contributed by atoms with van der Waals surface area (Å²) in [7, 11) is 0. The molecule has 0 spiro atoms. The first-order valence-corrected chi connectivity index (χ1v) is 8.02. The third-order valence-electron chi connectivity index (χ3n) is 3.78. The number of carboxylic acid groups (broad SMARTS) is 1. The predicted octanol–water partition coefficient (Wildman–Crippen LogP) is 3.14. The van der Waals surface area contributed by atoms with E-state index in [1.54, 1.807) is 24.0 Å². The SMILES string of the molecule is CC(Sc1ccc(Cl)cc1)C(=O)N1CCC(C)(C(=O)O)C1. The Bertz CT molecular complexity index is 548. The van der Waals surface area contributed by atoms with Crippen LogP contribution in [-0.2, 0) is 9.59 Å². The molecule has 1 saturated heterocycles. The van der Waals surface area contributed by atoms with E-state index in [-0.39, 0.29) is 17.7 Å². The number of nitrogens with zero attached hydrogens (tertiary/aromatic N) is 1. The topological polar surface area (TPSA) is 57.6 Å². The van der Waals surface area contributed by atoms with Crippen LogP contribution < -0.4 is 0 Å². The van der Waals surface area contributed by atoms with E-state index in [9.17, 15) is 14.7 Å². The number of aliphatic carboxylic acids is 1. The Kier molecular flexibility index (Phi) is 4.84. The van der Waals surface area contributed by atoms with Gasteiger partial charge < -0.3 is 10.0 Å². The van der Waals surface area contributed by atoms with Gasteiger partial charge in [-0.3, -0.25) is 9.59 Å². The maximum atomic E-state index is 12.4. The van der Waals surface area contributed by atoms with Gasteiger partial charge in [0.2, 0.25) is 5.91 Å². The molecule has 1 aliphatic heterocycles. The molecule has 4 nitrogen and oxygen atoms in total. The van der Waals surface area contributed by atoms with Crippen LogP contribution in [0.15, 0.2) is 29.2 Å². The van der Waals surface area contributed by atoms with Gasteiger partial charge in [-0.25, -0.2) is 0 Å². The minimum atomic E-state index is -0.837. The lowest BCUT2D eigenvalue weighted by Gasteiger charge is -2.22. The summed E-state index contributed by atoms with van der Waals surface area (Å²) in [5, 5.41) is 9.63. The Balaban J connectivity index is 1.97. The van der Waals surface area contributed by atoms with E-state index in [0.717, 1.165) is 4.90 Å². The normalized spacial score (nSPS) is 23.1. The van der Waals surface area contributed by atoms with Crippen molar-refractivity contribution in [1.82, 2.24) is 4.90 Å². The smallest absolute Gasteiger partial charge is 0.311 e. The highest BCUT2D eigenvalue weighted by atomic mass is 35.5. The van der Waals surface area contributed by atoms with Gasteiger partial charge in [-0.2, -0.15) is 0 Å². The number of likely N-dealkylation sites (tertiary alicyclic amines) is 1. The van der Waals surface area contributed by atoms with E-state index in [2.05, 4.69) is 0 Å². The molecule has 2 rings (SSSR count). The maximum absolute atomic E-state index is 12.4. The Morgan fingerprint density at radius 1 is 1.38 bits per heavy atom. The van der Waals surface area contributed by atoms with Gasteiger partial charge in [-0.15, -0.1) is 11.8 Å². The minimum Gasteiger partial charge on any atom is -0.481 e. The molecule has 0 aromatic heterocycles. The second kappa shape index (κ2) is 6.28. The number of thioether (sulfide) groups is 1. The molecule has 0 aliphatic carbocycles. The van der Waals surface area contributed by atoms with Gasteiger partial charge >= 0.3 is 5.97 Å². The number of carbonyl (C=O) groups is 2. The molecule has 2 atom stereocenters. The third kappa shape index (κ3) is 3.71. The fourth-order valence-corrected chi connectivity index (χ4v) is 3.43. The van der Waals surface area contributed by atoms with E-state index in [1.807, 2.05) is 19.1 Å². The highest BCUT2D eigenvalue weighted by molar-refractivity contribution is 8.00. The lowest BCUT2D eigenvalue weighted by atomic mass is 9.90. The number of hydrogen-bond acceptors (Lipinski definition) is 3. The maximum Gasteiger partial charge on any atom is 0.311 e. The van der Waals surface area contributed by atoms with Crippen molar-refractivity contribution in [2.45, 2.75) is 30.4 Å². The van der Waals surface area contributed by atoms with Gasteiger partial charge in [-0.05, 0) is 44.5 Å². The van der Waals surface area contributed by atoms with Crippen LogP contribution in [0, 0.1) is 5.41 Å². The van der Waals surface area contributed by atoms with E-state index < -0.39 is 11.4 Å². The monoisotopic (exact) mass is 327 g/mol. The van der Waals surface area contributed by atoms with E-state index in [0.29, 0.717) is 18.0 Å². The Morgan fingerprint density at radius 2 is 2.00 bits per heavy atom. The molecule has 1 amide bonds. The van der Waals surface area contributed by atoms with Crippen molar-refractivity contribution < 1.29 is 14.7 Å². The molecular formula is C15H18ClNO3S. The zero-order chi connectivity index (χ0) is 15.6. The van der Waals surface area contributed by atoms with Gasteiger partial charge in [0, 0.05) is 23.0 Å². The number of rotatable bonds is 4. The number of benzene rings is 1. The molecule has 1 aromatic carbocycles. The van der Waals surface area contributed by atoms with Crippen molar-refractivity contribution in [1.29, 1.82) is 0 Å². The van der Waals surface area contributed by atoms with Gasteiger partial charge in [0.15, 0.2) is 0 Å². The fraction of sp³-hybridized carbons (Fsp3) is 0.467. The molecule has 0 radical (unpaired) electrons. The van der Waals surface area contributed by atoms with Crippen LogP contribution in [0.5, 0.6) is 0 Å². The van der Waals surface area contributed by atoms with Crippen molar-refractivity contribution in [3.63, 3.8) is 0 Å². The molecule has 1 aromatic rings. The standard InChI is InChI=1S/C15H18ClNO3S/c1-10(21-12-5-3-11(16)4-6-12)13(18)17-8-7-15(2,9-17)14(19)20/h3-6,10H,7-9H2,1-2H3,(H,19,20). The summed E-state index contributed by atoms with van der Waals surface area (Å²) in [6.45, 7) is 4.33. The summed E-state index contributed by atoms with van der Waals surface area (Å²) in [6, 6.07) is 7.33. The number of carbonyl (C=O) groups excluding carboxylic acids is 1. The largest absolute Gasteiger partial charge is 0.481 e. The summed E-state index contributed by atoms with van der Waals surface area (Å²) in [5.74, 6) is -0.851. The predicted molar refractivity (Wildman–Crippen MR) is 83.7 cm³/mol. The first-order valence-electron chi connectivity index (χ1n) is 6.76. The third-order valence-corrected chi connectivity index (χ3v) is 5.13. The molecule has 1 fully saturated rings. The highest BCUT2D eigenvalue weighted by Gasteiger charge is 2.42. The summed E-state index contributed by atoms with van der Waals surface area (Å²) in [5.41, 5.74) is -0.819. The van der Waals surface area contributed by atoms with E-state index in [1.165, 1.54) is 11.8 Å². The fourth-order valence-electron chi connectivity index (χ4n) is 2.35. The molecular weight excluding hydrogens is 310 g/mol. The molecule has 0 bridgehead atoms. The first-order chi connectivity index (χ1) is 9.82. The molecule has 1 heterocycles. The molecule has 21 heavy (non-hydrogen) atoms. The van der Waals surface area contributed by atoms with Gasteiger partial charge in [0.05, 0.1) is 10.7 Å². The average molecular weight is 328 g/mol. The van der Waals surface area contributed by atoms with Gasteiger partial charge in [0.1, 0.15) is 0 Å². The van der Waals surface area contributed by atoms with E-state index >= 15 is 0 Å². The molecule has 0 saturated carbocycles. The van der Waals surface area contributed by atoms with Crippen molar-refractivity contribution in [3.05, 3.63) is 29.3 Å². The lowest BCUT2D eigenvalue weighted by Crippen LogP contribution is -2.38. The van der Waals surface area contributed by atoms with Crippen molar-refractivity contribution in [2.24, 2.45) is 5.41 Å². The Morgan fingerprint density at radius 3 is 2.52 bits per heavy atom. The van der Waals surface area contributed by atoms with Gasteiger partial charge in [-0.1, -0.05) is 11.6 Å². The minimum absolute atomic E-state index is 0.0140. The van der Waals surface area contributed by atoms with Gasteiger partial charge in [0.25, 0.3) is 0 Å². The molecule has 114 valence electrons. The highest BCUT2D eigenvalue weighted by Crippen LogP contribution is 2.32. The Labute approximate surface area is 133 Å². The lowest BCUT2D eigenvalue weighted by molar-refractivity contribution is -0.147. The molecule has 2 unspecified atom stereocenters. The quantitative estimate of drug-likeness (QED) is 0.863. The number of carboxylic acids is 1. The van der Waals surface area contributed by atoms with Crippen LogP contribution >= 0.6 is 23.4 Å². The number of halogens is 1. The summed E-state index contributed by atoms with van der Waals surface area (Å²) >= 11 is 7.29. The second-order valence-electron chi connectivity index (χ2n) is 5.59. The zero-order valence-corrected chi connectivity index (χ0v) is 13.6. The second-order valence-corrected chi connectivity index (χ2v) is 7.44. The molecule has 1 N–H and O–H groups in total. The number of hydrogen-bond donors (Lipinski definition) is 1. The molecule has 6 heteroatoms. The van der Waals surface area contributed by atoms with Crippen molar-refractivity contribution >= 4 is 35.2 Å². The van der Waals surface area contributed by atoms with Crippen LogP contribution in [0.3, 0.4) is 0 Å². The zero-order valence-electron chi connectivity index (χ0n) is 12.0. The Hall–Kier alpha value is -1.20. The van der Waals surface area contributed by atoms with Crippen LogP contribution in [0.2, 0.25) is 5.02 Å². The summed E-state index contributed by atoms with van der Waals surface area (Å²) in [4.78, 5) is 26.3. The number of amides is 1. The summed E-state index contributed by atoms with van der Waals surface area (Å²) in [6.07, 6.45) is 0.506. The summed E-state index contributed by atoms with van der Waals surface area (Å²) < 4.78 is 0.